The van der Waals surface area contributed by atoms with Gasteiger partial charge in [0.25, 0.3) is 0 Å². The smallest absolute Gasteiger partial charge is 0.198 e. The number of benzene rings is 1. The van der Waals surface area contributed by atoms with Gasteiger partial charge in [0.05, 0.1) is 5.25 Å². The van der Waals surface area contributed by atoms with E-state index in [9.17, 15) is 8.42 Å². The van der Waals surface area contributed by atoms with Gasteiger partial charge in [0.1, 0.15) is 0 Å². The number of halogens is 1. The summed E-state index contributed by atoms with van der Waals surface area (Å²) >= 11 is 5.62. The molecule has 5 heteroatoms. The van der Waals surface area contributed by atoms with Crippen molar-refractivity contribution in [2.45, 2.75) is 23.6 Å². The summed E-state index contributed by atoms with van der Waals surface area (Å²) in [5.74, 6) is 0.325. The van der Waals surface area contributed by atoms with Gasteiger partial charge in [0.2, 0.25) is 0 Å². The molecular formula is C13H14ClNO2S. The number of hydrogen-bond donors (Lipinski definition) is 0. The lowest BCUT2D eigenvalue weighted by atomic mass is 10.2. The second-order valence-corrected chi connectivity index (χ2v) is 6.83. The molecule has 0 spiro atoms. The van der Waals surface area contributed by atoms with E-state index in [0.717, 1.165) is 5.39 Å². The molecule has 0 N–H and O–H groups in total. The monoisotopic (exact) mass is 283 g/mol. The predicted molar refractivity (Wildman–Crippen MR) is 73.7 cm³/mol. The average molecular weight is 284 g/mol. The van der Waals surface area contributed by atoms with Crippen LogP contribution >= 0.6 is 11.6 Å². The minimum Gasteiger partial charge on any atom is -0.244 e. The van der Waals surface area contributed by atoms with Crippen LogP contribution in [-0.2, 0) is 9.84 Å². The fourth-order valence-electron chi connectivity index (χ4n) is 1.82. The van der Waals surface area contributed by atoms with E-state index in [-0.39, 0.29) is 5.03 Å². The van der Waals surface area contributed by atoms with Gasteiger partial charge in [-0.1, -0.05) is 24.3 Å². The number of hydrogen-bond acceptors (Lipinski definition) is 3. The molecule has 0 saturated carbocycles. The Morgan fingerprint density at radius 3 is 2.72 bits per heavy atom. The molecule has 0 aliphatic carbocycles. The fourth-order valence-corrected chi connectivity index (χ4v) is 3.78. The maximum atomic E-state index is 12.4. The van der Waals surface area contributed by atoms with Crippen LogP contribution in [0.15, 0.2) is 41.6 Å². The summed E-state index contributed by atoms with van der Waals surface area (Å²) in [4.78, 5) is 4.05. The van der Waals surface area contributed by atoms with Crippen molar-refractivity contribution >= 4 is 32.2 Å². The molecule has 1 atom stereocenters. The van der Waals surface area contributed by atoms with Crippen LogP contribution in [0.25, 0.3) is 10.8 Å². The van der Waals surface area contributed by atoms with E-state index in [0.29, 0.717) is 17.7 Å². The minimum atomic E-state index is -3.42. The number of rotatable bonds is 4. The zero-order chi connectivity index (χ0) is 13.2. The second kappa shape index (κ2) is 5.24. The van der Waals surface area contributed by atoms with Gasteiger partial charge >= 0.3 is 0 Å². The van der Waals surface area contributed by atoms with Gasteiger partial charge in [-0.2, -0.15) is 0 Å². The number of fused-ring (bicyclic) bond motifs is 1. The van der Waals surface area contributed by atoms with Crippen LogP contribution in [0.4, 0.5) is 0 Å². The first-order valence-electron chi connectivity index (χ1n) is 5.71. The van der Waals surface area contributed by atoms with Crippen molar-refractivity contribution < 1.29 is 8.42 Å². The van der Waals surface area contributed by atoms with Crippen molar-refractivity contribution in [3.63, 3.8) is 0 Å². The normalized spacial score (nSPS) is 13.7. The van der Waals surface area contributed by atoms with Gasteiger partial charge in [-0.05, 0) is 24.8 Å². The van der Waals surface area contributed by atoms with Crippen LogP contribution in [0.3, 0.4) is 0 Å². The first-order chi connectivity index (χ1) is 8.57. The molecule has 0 aliphatic heterocycles. The van der Waals surface area contributed by atoms with Gasteiger partial charge in [-0.3, -0.25) is 0 Å². The van der Waals surface area contributed by atoms with Crippen molar-refractivity contribution in [2.24, 2.45) is 0 Å². The molecule has 0 bridgehead atoms. The Morgan fingerprint density at radius 1 is 1.28 bits per heavy atom. The predicted octanol–water partition coefficient (Wildman–Crippen LogP) is 3.03. The standard InChI is InChI=1S/C13H14ClNO2S/c1-10(6-8-14)18(16,17)13-12-5-3-2-4-11(12)7-9-15-13/h2-5,7,9-10H,6,8H2,1H3. The Labute approximate surface area is 112 Å². The van der Waals surface area contributed by atoms with E-state index in [2.05, 4.69) is 4.98 Å². The maximum absolute atomic E-state index is 12.4. The molecule has 1 aromatic heterocycles. The Morgan fingerprint density at radius 2 is 2.00 bits per heavy atom. The summed E-state index contributed by atoms with van der Waals surface area (Å²) in [6.45, 7) is 1.67. The first kappa shape index (κ1) is 13.3. The third kappa shape index (κ3) is 2.35. The molecule has 0 saturated heterocycles. The molecule has 1 heterocycles. The highest BCUT2D eigenvalue weighted by molar-refractivity contribution is 7.92. The molecule has 3 nitrogen and oxygen atoms in total. The third-order valence-electron chi connectivity index (χ3n) is 2.95. The lowest BCUT2D eigenvalue weighted by Crippen LogP contribution is -2.19. The van der Waals surface area contributed by atoms with Crippen molar-refractivity contribution in [1.29, 1.82) is 0 Å². The van der Waals surface area contributed by atoms with E-state index in [1.165, 1.54) is 6.20 Å². The van der Waals surface area contributed by atoms with E-state index >= 15 is 0 Å². The summed E-state index contributed by atoms with van der Waals surface area (Å²) in [7, 11) is -3.42. The highest BCUT2D eigenvalue weighted by atomic mass is 35.5. The lowest BCUT2D eigenvalue weighted by Gasteiger charge is -2.12. The highest BCUT2D eigenvalue weighted by Crippen LogP contribution is 2.24. The number of nitrogens with zero attached hydrogens (tertiary/aromatic N) is 1. The van der Waals surface area contributed by atoms with E-state index < -0.39 is 15.1 Å². The lowest BCUT2D eigenvalue weighted by molar-refractivity contribution is 0.579. The van der Waals surface area contributed by atoms with Gasteiger partial charge in [-0.15, -0.1) is 11.6 Å². The van der Waals surface area contributed by atoms with Crippen LogP contribution in [0.1, 0.15) is 13.3 Å². The molecule has 2 aromatic rings. The molecule has 1 unspecified atom stereocenters. The molecule has 0 aliphatic rings. The minimum absolute atomic E-state index is 0.151. The Balaban J connectivity index is 2.61. The summed E-state index contributed by atoms with van der Waals surface area (Å²) in [5.41, 5.74) is 0. The molecule has 0 radical (unpaired) electrons. The average Bonchev–Trinajstić information content (AvgIpc) is 2.38. The van der Waals surface area contributed by atoms with E-state index in [1.54, 1.807) is 19.1 Å². The van der Waals surface area contributed by atoms with Crippen molar-refractivity contribution in [1.82, 2.24) is 4.98 Å². The van der Waals surface area contributed by atoms with Crippen molar-refractivity contribution in [3.8, 4) is 0 Å². The zero-order valence-electron chi connectivity index (χ0n) is 10.0. The topological polar surface area (TPSA) is 47.0 Å². The third-order valence-corrected chi connectivity index (χ3v) is 5.33. The van der Waals surface area contributed by atoms with Crippen LogP contribution in [0.2, 0.25) is 0 Å². The van der Waals surface area contributed by atoms with Gasteiger partial charge in [0, 0.05) is 17.5 Å². The van der Waals surface area contributed by atoms with E-state index in [1.807, 2.05) is 18.2 Å². The van der Waals surface area contributed by atoms with Crippen molar-refractivity contribution in [3.05, 3.63) is 36.5 Å². The van der Waals surface area contributed by atoms with Crippen LogP contribution in [-0.4, -0.2) is 24.5 Å². The Hall–Kier alpha value is -1.13. The summed E-state index contributed by atoms with van der Waals surface area (Å²) < 4.78 is 24.8. The Bertz CT molecular complexity index is 650. The van der Waals surface area contributed by atoms with E-state index in [4.69, 9.17) is 11.6 Å². The molecular weight excluding hydrogens is 270 g/mol. The molecule has 0 fully saturated rings. The zero-order valence-corrected chi connectivity index (χ0v) is 11.6. The van der Waals surface area contributed by atoms with Gasteiger partial charge < -0.3 is 0 Å². The molecule has 0 amide bonds. The highest BCUT2D eigenvalue weighted by Gasteiger charge is 2.25. The summed E-state index contributed by atoms with van der Waals surface area (Å²) in [6.07, 6.45) is 1.96. The molecule has 2 rings (SSSR count). The van der Waals surface area contributed by atoms with Gasteiger partial charge in [-0.25, -0.2) is 13.4 Å². The maximum Gasteiger partial charge on any atom is 0.198 e. The molecule has 18 heavy (non-hydrogen) atoms. The summed E-state index contributed by atoms with van der Waals surface area (Å²) in [6, 6.07) is 9.15. The van der Waals surface area contributed by atoms with Gasteiger partial charge in [0.15, 0.2) is 14.9 Å². The number of alkyl halides is 1. The Kier molecular flexibility index (Phi) is 3.88. The fraction of sp³-hybridized carbons (Fsp3) is 0.308. The SMILES string of the molecule is CC(CCCl)S(=O)(=O)c1nccc2ccccc12. The van der Waals surface area contributed by atoms with Crippen molar-refractivity contribution in [2.75, 3.05) is 5.88 Å². The van der Waals surface area contributed by atoms with Crippen LogP contribution in [0, 0.1) is 0 Å². The summed E-state index contributed by atoms with van der Waals surface area (Å²) in [5, 5.41) is 1.18. The molecule has 1 aromatic carbocycles. The number of aromatic nitrogens is 1. The first-order valence-corrected chi connectivity index (χ1v) is 7.79. The quantitative estimate of drug-likeness (QED) is 0.810. The molecule has 96 valence electrons. The van der Waals surface area contributed by atoms with Crippen LogP contribution < -0.4 is 0 Å². The number of sulfone groups is 1. The van der Waals surface area contributed by atoms with Crippen LogP contribution in [0.5, 0.6) is 0 Å². The number of pyridine rings is 1. The second-order valence-electron chi connectivity index (χ2n) is 4.17. The largest absolute Gasteiger partial charge is 0.244 e.